The molecule has 0 spiro atoms. The van der Waals surface area contributed by atoms with E-state index in [1.165, 1.54) is 38.5 Å². The molecule has 0 unspecified atom stereocenters. The van der Waals surface area contributed by atoms with Crippen LogP contribution in [0.2, 0.25) is 0 Å². The third-order valence-electron chi connectivity index (χ3n) is 4.00. The molecule has 1 saturated carbocycles. The van der Waals surface area contributed by atoms with Crippen molar-refractivity contribution in [3.8, 4) is 0 Å². The lowest BCUT2D eigenvalue weighted by atomic mass is 9.79. The Hall–Kier alpha value is -0.800. The number of rotatable bonds is 6. The zero-order valence-corrected chi connectivity index (χ0v) is 10.8. The number of furan rings is 1. The first kappa shape index (κ1) is 12.7. The third kappa shape index (κ3) is 3.58. The first-order valence-corrected chi connectivity index (χ1v) is 6.77. The summed E-state index contributed by atoms with van der Waals surface area (Å²) in [7, 11) is 2.11. The van der Waals surface area contributed by atoms with Crippen LogP contribution in [0.15, 0.2) is 22.8 Å². The topological polar surface area (TPSA) is 37.2 Å². The molecule has 0 aromatic carbocycles. The highest BCUT2D eigenvalue weighted by Gasteiger charge is 2.29. The molecule has 0 aliphatic heterocycles. The lowest BCUT2D eigenvalue weighted by molar-refractivity contribution is 0.227. The Kier molecular flexibility index (Phi) is 4.63. The van der Waals surface area contributed by atoms with Crippen LogP contribution in [0, 0.1) is 0 Å². The molecule has 1 heterocycles. The molecule has 2 rings (SSSR count). The minimum atomic E-state index is 0.383. The number of hydrogen-bond acceptors (Lipinski definition) is 3. The predicted molar refractivity (Wildman–Crippen MR) is 69.9 cm³/mol. The van der Waals surface area contributed by atoms with E-state index in [4.69, 9.17) is 4.42 Å². The average Bonchev–Trinajstić information content (AvgIpc) is 2.89. The van der Waals surface area contributed by atoms with Gasteiger partial charge in [-0.1, -0.05) is 19.3 Å². The van der Waals surface area contributed by atoms with E-state index in [2.05, 4.69) is 17.7 Å². The number of hydrogen-bond donors (Lipinski definition) is 2. The summed E-state index contributed by atoms with van der Waals surface area (Å²) in [5, 5.41) is 7.01. The van der Waals surface area contributed by atoms with Crippen molar-refractivity contribution in [1.29, 1.82) is 0 Å². The zero-order valence-electron chi connectivity index (χ0n) is 10.8. The smallest absolute Gasteiger partial charge is 0.117 e. The summed E-state index contributed by atoms with van der Waals surface area (Å²) < 4.78 is 5.30. The summed E-state index contributed by atoms with van der Waals surface area (Å²) in [5.41, 5.74) is 0.383. The molecule has 0 bridgehead atoms. The summed E-state index contributed by atoms with van der Waals surface area (Å²) in [6, 6.07) is 3.95. The van der Waals surface area contributed by atoms with Crippen molar-refractivity contribution in [3.63, 3.8) is 0 Å². The first-order valence-electron chi connectivity index (χ1n) is 6.77. The van der Waals surface area contributed by atoms with Crippen molar-refractivity contribution < 1.29 is 4.42 Å². The van der Waals surface area contributed by atoms with Crippen LogP contribution in [-0.2, 0) is 6.54 Å². The summed E-state index contributed by atoms with van der Waals surface area (Å²) in [6.07, 6.45) is 9.75. The Morgan fingerprint density at radius 2 is 2.12 bits per heavy atom. The first-order chi connectivity index (χ1) is 8.35. The van der Waals surface area contributed by atoms with Gasteiger partial charge in [0.05, 0.1) is 12.8 Å². The van der Waals surface area contributed by atoms with Crippen molar-refractivity contribution >= 4 is 0 Å². The fourth-order valence-electron chi connectivity index (χ4n) is 2.81. The molecule has 1 aromatic rings. The van der Waals surface area contributed by atoms with E-state index >= 15 is 0 Å². The largest absolute Gasteiger partial charge is 0.468 e. The molecule has 17 heavy (non-hydrogen) atoms. The molecule has 3 heteroatoms. The lowest BCUT2D eigenvalue weighted by Crippen LogP contribution is -2.46. The number of nitrogens with one attached hydrogen (secondary N) is 2. The van der Waals surface area contributed by atoms with E-state index in [1.54, 1.807) is 6.26 Å². The van der Waals surface area contributed by atoms with Crippen molar-refractivity contribution in [3.05, 3.63) is 24.2 Å². The molecule has 3 nitrogen and oxygen atoms in total. The second-order valence-electron chi connectivity index (χ2n) is 5.10. The Morgan fingerprint density at radius 3 is 2.76 bits per heavy atom. The monoisotopic (exact) mass is 236 g/mol. The summed E-state index contributed by atoms with van der Waals surface area (Å²) >= 11 is 0. The molecule has 1 aliphatic rings. The molecule has 1 aliphatic carbocycles. The molecule has 96 valence electrons. The fourth-order valence-corrected chi connectivity index (χ4v) is 2.81. The van der Waals surface area contributed by atoms with Crippen LogP contribution in [0.4, 0.5) is 0 Å². The minimum Gasteiger partial charge on any atom is -0.468 e. The third-order valence-corrected chi connectivity index (χ3v) is 4.00. The fraction of sp³-hybridized carbons (Fsp3) is 0.714. The molecular weight excluding hydrogens is 212 g/mol. The summed E-state index contributed by atoms with van der Waals surface area (Å²) in [4.78, 5) is 0. The van der Waals surface area contributed by atoms with E-state index in [0.29, 0.717) is 5.54 Å². The Morgan fingerprint density at radius 1 is 1.29 bits per heavy atom. The molecular formula is C14H24N2O. The van der Waals surface area contributed by atoms with Gasteiger partial charge in [-0.2, -0.15) is 0 Å². The van der Waals surface area contributed by atoms with Gasteiger partial charge >= 0.3 is 0 Å². The van der Waals surface area contributed by atoms with Crippen molar-refractivity contribution in [2.24, 2.45) is 0 Å². The van der Waals surface area contributed by atoms with Gasteiger partial charge in [0, 0.05) is 5.54 Å². The van der Waals surface area contributed by atoms with Gasteiger partial charge in [-0.15, -0.1) is 0 Å². The predicted octanol–water partition coefficient (Wildman–Crippen LogP) is 2.68. The van der Waals surface area contributed by atoms with Gasteiger partial charge in [0.1, 0.15) is 5.76 Å². The van der Waals surface area contributed by atoms with Gasteiger partial charge in [0.2, 0.25) is 0 Å². The van der Waals surface area contributed by atoms with Gasteiger partial charge < -0.3 is 15.1 Å². The SMILES string of the molecule is CNC1(CCNCc2ccco2)CCCCC1. The van der Waals surface area contributed by atoms with Crippen molar-refractivity contribution in [2.75, 3.05) is 13.6 Å². The van der Waals surface area contributed by atoms with E-state index in [1.807, 2.05) is 12.1 Å². The molecule has 0 amide bonds. The van der Waals surface area contributed by atoms with Gasteiger partial charge in [-0.3, -0.25) is 0 Å². The minimum absolute atomic E-state index is 0.383. The molecule has 0 radical (unpaired) electrons. The molecule has 1 aromatic heterocycles. The van der Waals surface area contributed by atoms with Crippen LogP contribution in [0.3, 0.4) is 0 Å². The van der Waals surface area contributed by atoms with Gasteiger partial charge in [-0.25, -0.2) is 0 Å². The van der Waals surface area contributed by atoms with E-state index < -0.39 is 0 Å². The zero-order chi connectivity index (χ0) is 12.0. The Labute approximate surface area is 104 Å². The highest BCUT2D eigenvalue weighted by Crippen LogP contribution is 2.30. The highest BCUT2D eigenvalue weighted by molar-refractivity contribution is 4.97. The molecule has 1 fully saturated rings. The van der Waals surface area contributed by atoms with Crippen molar-refractivity contribution in [2.45, 2.75) is 50.6 Å². The molecule has 0 atom stereocenters. The Balaban J connectivity index is 1.69. The quantitative estimate of drug-likeness (QED) is 0.746. The molecule has 2 N–H and O–H groups in total. The van der Waals surface area contributed by atoms with Crippen LogP contribution >= 0.6 is 0 Å². The second kappa shape index (κ2) is 6.22. The van der Waals surface area contributed by atoms with E-state index in [-0.39, 0.29) is 0 Å². The normalized spacial score (nSPS) is 19.4. The van der Waals surface area contributed by atoms with Crippen LogP contribution in [0.5, 0.6) is 0 Å². The maximum atomic E-state index is 5.30. The lowest BCUT2D eigenvalue weighted by Gasteiger charge is -2.37. The van der Waals surface area contributed by atoms with Gasteiger partial charge in [0.25, 0.3) is 0 Å². The maximum absolute atomic E-state index is 5.30. The second-order valence-corrected chi connectivity index (χ2v) is 5.10. The highest BCUT2D eigenvalue weighted by atomic mass is 16.3. The van der Waals surface area contributed by atoms with E-state index in [0.717, 1.165) is 18.8 Å². The summed E-state index contributed by atoms with van der Waals surface area (Å²) in [5.74, 6) is 1.02. The summed E-state index contributed by atoms with van der Waals surface area (Å²) in [6.45, 7) is 1.90. The average molecular weight is 236 g/mol. The standard InChI is InChI=1S/C14H24N2O/c1-15-14(7-3-2-4-8-14)9-10-16-12-13-6-5-11-17-13/h5-6,11,15-16H,2-4,7-10,12H2,1H3. The van der Waals surface area contributed by atoms with Crippen LogP contribution < -0.4 is 10.6 Å². The molecule has 0 saturated heterocycles. The van der Waals surface area contributed by atoms with Crippen LogP contribution in [-0.4, -0.2) is 19.1 Å². The van der Waals surface area contributed by atoms with Gasteiger partial charge in [0.15, 0.2) is 0 Å². The van der Waals surface area contributed by atoms with Crippen LogP contribution in [0.25, 0.3) is 0 Å². The Bertz CT molecular complexity index is 302. The van der Waals surface area contributed by atoms with Crippen LogP contribution in [0.1, 0.15) is 44.3 Å². The van der Waals surface area contributed by atoms with Crippen molar-refractivity contribution in [1.82, 2.24) is 10.6 Å². The maximum Gasteiger partial charge on any atom is 0.117 e. The van der Waals surface area contributed by atoms with E-state index in [9.17, 15) is 0 Å². The van der Waals surface area contributed by atoms with Gasteiger partial charge in [-0.05, 0) is 45.0 Å².